The van der Waals surface area contributed by atoms with Crippen molar-refractivity contribution in [2.24, 2.45) is 0 Å². The second-order valence-corrected chi connectivity index (χ2v) is 13.7. The topological polar surface area (TPSA) is 143 Å². The van der Waals surface area contributed by atoms with Crippen LogP contribution in [0.15, 0.2) is 71.6 Å². The van der Waals surface area contributed by atoms with Crippen molar-refractivity contribution in [3.8, 4) is 11.1 Å². The summed E-state index contributed by atoms with van der Waals surface area (Å²) in [5.74, 6) is -1.14. The lowest BCUT2D eigenvalue weighted by atomic mass is 10.00. The summed E-state index contributed by atoms with van der Waals surface area (Å²) < 4.78 is 19.6. The van der Waals surface area contributed by atoms with Crippen molar-refractivity contribution in [2.45, 2.75) is 55.3 Å². The normalized spacial score (nSPS) is 17.4. The van der Waals surface area contributed by atoms with Gasteiger partial charge in [0.15, 0.2) is 5.37 Å². The van der Waals surface area contributed by atoms with Gasteiger partial charge in [-0.1, -0.05) is 60.3 Å². The van der Waals surface area contributed by atoms with Crippen LogP contribution in [0.2, 0.25) is 0 Å². The number of hydrogen-bond acceptors (Lipinski definition) is 8. The van der Waals surface area contributed by atoms with Gasteiger partial charge in [0.25, 0.3) is 5.91 Å². The van der Waals surface area contributed by atoms with Crippen LogP contribution in [0.1, 0.15) is 31.4 Å². The smallest absolute Gasteiger partial charge is 0.322 e. The van der Waals surface area contributed by atoms with E-state index in [1.807, 2.05) is 48.5 Å². The van der Waals surface area contributed by atoms with E-state index in [-0.39, 0.29) is 43.9 Å². The number of para-hydroxylation sites is 1. The number of aliphatic hydroxyl groups is 2. The maximum Gasteiger partial charge on any atom is 0.322 e. The molecule has 2 aliphatic heterocycles. The van der Waals surface area contributed by atoms with Crippen molar-refractivity contribution in [3.05, 3.63) is 83.7 Å². The number of amides is 4. The molecule has 11 nitrogen and oxygen atoms in total. The number of urea groups is 1. The van der Waals surface area contributed by atoms with Crippen LogP contribution in [0.25, 0.3) is 11.1 Å². The van der Waals surface area contributed by atoms with E-state index in [0.29, 0.717) is 36.9 Å². The van der Waals surface area contributed by atoms with Gasteiger partial charge in [-0.25, -0.2) is 9.18 Å². The predicted molar refractivity (Wildman–Crippen MR) is 182 cm³/mol. The zero-order chi connectivity index (χ0) is 34.3. The van der Waals surface area contributed by atoms with Gasteiger partial charge in [0.2, 0.25) is 5.91 Å². The molecule has 3 aromatic rings. The Balaban J connectivity index is 1.30. The second kappa shape index (κ2) is 15.9. The highest BCUT2D eigenvalue weighted by Crippen LogP contribution is 2.34. The first-order valence-corrected chi connectivity index (χ1v) is 16.8. The number of nitrogens with one attached hydrogen (secondary N) is 3. The number of hydrogen-bond donors (Lipinski definition) is 5. The lowest BCUT2D eigenvalue weighted by Gasteiger charge is -2.29. The van der Waals surface area contributed by atoms with Crippen molar-refractivity contribution in [1.29, 1.82) is 0 Å². The van der Waals surface area contributed by atoms with E-state index in [1.165, 1.54) is 12.1 Å². The SMILES string of the molecule is CC(C)(CC(=O)N[C@@H]1Sc2cc(F)ccc2CN(Cc2ccc(-c3ccccc3NC(=O)N3CCOCC3)cc2)C1=O)NC[C@H](O)CO. The maximum absolute atomic E-state index is 14.3. The van der Waals surface area contributed by atoms with Gasteiger partial charge in [-0.2, -0.15) is 0 Å². The molecule has 3 aromatic carbocycles. The third-order valence-corrected chi connectivity index (χ3v) is 9.39. The number of rotatable bonds is 11. The lowest BCUT2D eigenvalue weighted by molar-refractivity contribution is -0.135. The molecule has 2 aliphatic rings. The highest BCUT2D eigenvalue weighted by molar-refractivity contribution is 8.00. The fourth-order valence-electron chi connectivity index (χ4n) is 5.55. The molecule has 5 rings (SSSR count). The van der Waals surface area contributed by atoms with E-state index < -0.39 is 29.4 Å². The highest BCUT2D eigenvalue weighted by Gasteiger charge is 2.33. The molecule has 0 spiro atoms. The van der Waals surface area contributed by atoms with E-state index in [0.717, 1.165) is 34.0 Å². The molecule has 48 heavy (non-hydrogen) atoms. The van der Waals surface area contributed by atoms with Crippen LogP contribution in [-0.4, -0.2) is 94.3 Å². The van der Waals surface area contributed by atoms with Crippen LogP contribution < -0.4 is 16.0 Å². The summed E-state index contributed by atoms with van der Waals surface area (Å²) in [6.07, 6.45) is -0.960. The molecule has 5 N–H and O–H groups in total. The number of aliphatic hydroxyl groups excluding tert-OH is 2. The molecule has 0 radical (unpaired) electrons. The first kappa shape index (κ1) is 35.3. The average Bonchev–Trinajstić information content (AvgIpc) is 3.19. The summed E-state index contributed by atoms with van der Waals surface area (Å²) in [5.41, 5.74) is 3.34. The zero-order valence-corrected chi connectivity index (χ0v) is 27.9. The lowest BCUT2D eigenvalue weighted by Crippen LogP contribution is -2.50. The van der Waals surface area contributed by atoms with Gasteiger partial charge >= 0.3 is 6.03 Å². The first-order chi connectivity index (χ1) is 23.0. The molecule has 2 atom stereocenters. The number of β-amino-alcohol motifs (C(OH)–C–C–N with tert-alkyl or cyclic N) is 1. The van der Waals surface area contributed by atoms with Crippen molar-refractivity contribution < 1.29 is 33.7 Å². The molecule has 0 aliphatic carbocycles. The van der Waals surface area contributed by atoms with E-state index in [4.69, 9.17) is 9.84 Å². The molecule has 256 valence electrons. The van der Waals surface area contributed by atoms with Crippen LogP contribution in [0.3, 0.4) is 0 Å². The number of thioether (sulfide) groups is 1. The Hall–Kier alpha value is -4.01. The van der Waals surface area contributed by atoms with E-state index in [1.54, 1.807) is 29.7 Å². The molecular formula is C35H42FN5O6S. The van der Waals surface area contributed by atoms with E-state index in [2.05, 4.69) is 16.0 Å². The van der Waals surface area contributed by atoms with E-state index in [9.17, 15) is 23.9 Å². The van der Waals surface area contributed by atoms with Gasteiger partial charge < -0.3 is 40.7 Å². The number of halogens is 1. The number of anilines is 1. The third-order valence-electron chi connectivity index (χ3n) is 8.20. The highest BCUT2D eigenvalue weighted by atomic mass is 32.2. The molecule has 1 fully saturated rings. The molecule has 0 saturated carbocycles. The Morgan fingerprint density at radius 2 is 1.81 bits per heavy atom. The number of carbonyl (C=O) groups excluding carboxylic acids is 3. The van der Waals surface area contributed by atoms with Gasteiger partial charge in [-0.3, -0.25) is 9.59 Å². The van der Waals surface area contributed by atoms with Crippen LogP contribution in [0, 0.1) is 5.82 Å². The number of morpholine rings is 1. The summed E-state index contributed by atoms with van der Waals surface area (Å²) in [4.78, 5) is 43.9. The fraction of sp³-hybridized carbons (Fsp3) is 0.400. The second-order valence-electron chi connectivity index (χ2n) is 12.6. The number of ether oxygens (including phenoxy) is 1. The van der Waals surface area contributed by atoms with Gasteiger partial charge in [-0.05, 0) is 48.7 Å². The molecule has 2 heterocycles. The minimum Gasteiger partial charge on any atom is -0.394 e. The molecule has 0 bridgehead atoms. The molecule has 0 unspecified atom stereocenters. The van der Waals surface area contributed by atoms with Crippen molar-refractivity contribution >= 4 is 35.3 Å². The Kier molecular flexibility index (Phi) is 11.7. The van der Waals surface area contributed by atoms with Crippen LogP contribution >= 0.6 is 11.8 Å². The van der Waals surface area contributed by atoms with Gasteiger partial charge in [-0.15, -0.1) is 0 Å². The average molecular weight is 680 g/mol. The number of nitrogens with zero attached hydrogens (tertiary/aromatic N) is 2. The monoisotopic (exact) mass is 679 g/mol. The summed E-state index contributed by atoms with van der Waals surface area (Å²) in [7, 11) is 0. The Bertz CT molecular complexity index is 1600. The van der Waals surface area contributed by atoms with Crippen molar-refractivity contribution in [3.63, 3.8) is 0 Å². The Morgan fingerprint density at radius 1 is 1.08 bits per heavy atom. The first-order valence-electron chi connectivity index (χ1n) is 15.9. The standard InChI is InChI=1S/C35H42FN5O6S/c1-35(2,37-19-27(43)22-42)18-31(44)39-32-33(45)41(21-25-11-12-26(36)17-30(25)48-32)20-23-7-9-24(10-8-23)28-5-3-4-6-29(28)38-34(46)40-13-15-47-16-14-40/h3-12,17,27,32,37,42-43H,13-16,18-22H2,1-2H3,(H,38,46)(H,39,44)/t27-,32+/m0/s1. The summed E-state index contributed by atoms with van der Waals surface area (Å²) in [5, 5.41) is 26.7. The molecule has 0 aromatic heterocycles. The van der Waals surface area contributed by atoms with Gasteiger partial charge in [0.05, 0.1) is 31.6 Å². The Morgan fingerprint density at radius 3 is 2.54 bits per heavy atom. The molecular weight excluding hydrogens is 637 g/mol. The molecule has 13 heteroatoms. The quantitative estimate of drug-likeness (QED) is 0.207. The number of fused-ring (bicyclic) bond motifs is 1. The largest absolute Gasteiger partial charge is 0.394 e. The van der Waals surface area contributed by atoms with Crippen molar-refractivity contribution in [1.82, 2.24) is 20.4 Å². The predicted octanol–water partition coefficient (Wildman–Crippen LogP) is 3.55. The van der Waals surface area contributed by atoms with Gasteiger partial charge in [0, 0.05) is 55.1 Å². The Labute approximate surface area is 283 Å². The number of carbonyl (C=O) groups is 3. The van der Waals surface area contributed by atoms with Crippen LogP contribution in [0.5, 0.6) is 0 Å². The number of benzene rings is 3. The minimum atomic E-state index is -0.986. The van der Waals surface area contributed by atoms with Gasteiger partial charge in [0.1, 0.15) is 5.82 Å². The van der Waals surface area contributed by atoms with Crippen molar-refractivity contribution in [2.75, 3.05) is 44.8 Å². The minimum absolute atomic E-state index is 0.00132. The summed E-state index contributed by atoms with van der Waals surface area (Å²) >= 11 is 1.11. The summed E-state index contributed by atoms with van der Waals surface area (Å²) in [6.45, 7) is 5.85. The molecule has 4 amide bonds. The summed E-state index contributed by atoms with van der Waals surface area (Å²) in [6, 6.07) is 19.5. The maximum atomic E-state index is 14.3. The van der Waals surface area contributed by atoms with Crippen LogP contribution in [0.4, 0.5) is 14.9 Å². The molecule has 1 saturated heterocycles. The zero-order valence-electron chi connectivity index (χ0n) is 27.1. The third kappa shape index (κ3) is 9.32. The van der Waals surface area contributed by atoms with E-state index >= 15 is 0 Å². The fourth-order valence-corrected chi connectivity index (χ4v) is 6.71. The van der Waals surface area contributed by atoms with Crippen LogP contribution in [-0.2, 0) is 27.4 Å².